The summed E-state index contributed by atoms with van der Waals surface area (Å²) in [5.41, 5.74) is 0.711. The number of halogens is 3. The number of unbranched alkanes of at least 4 members (excludes halogenated alkanes) is 3. The maximum atomic E-state index is 13.1. The topological polar surface area (TPSA) is 47.0 Å². The molecule has 4 nitrogen and oxygen atoms in total. The van der Waals surface area contributed by atoms with E-state index in [9.17, 15) is 13.2 Å². The van der Waals surface area contributed by atoms with Gasteiger partial charge in [-0.25, -0.2) is 4.98 Å². The van der Waals surface area contributed by atoms with Gasteiger partial charge in [-0.15, -0.1) is 0 Å². The third-order valence-electron chi connectivity index (χ3n) is 3.69. The molecule has 0 unspecified atom stereocenters. The van der Waals surface area contributed by atoms with E-state index in [2.05, 4.69) is 22.2 Å². The first-order valence-corrected chi connectivity index (χ1v) is 8.31. The van der Waals surface area contributed by atoms with Gasteiger partial charge in [0, 0.05) is 11.9 Å². The molecule has 7 heteroatoms. The fraction of sp³-hybridized carbons (Fsp3) is 0.444. The van der Waals surface area contributed by atoms with Crippen LogP contribution in [0.1, 0.15) is 43.7 Å². The number of ether oxygens (including phenoxy) is 1. The molecule has 0 atom stereocenters. The van der Waals surface area contributed by atoms with Crippen molar-refractivity contribution in [3.63, 3.8) is 0 Å². The van der Waals surface area contributed by atoms with Gasteiger partial charge in [0.25, 0.3) is 0 Å². The van der Waals surface area contributed by atoms with E-state index in [1.807, 2.05) is 31.2 Å². The summed E-state index contributed by atoms with van der Waals surface area (Å²) < 4.78 is 44.7. The maximum Gasteiger partial charge on any atom is 0.423 e. The standard InChI is InChI=1S/C18H22F3N3O/c1-3-4-5-8-11-25-16-14(18(19,20)21)12-22-17(24-16)23-15-10-7-6-9-13(15)2/h6-7,9-10,12H,3-5,8,11H2,1-2H3,(H,22,23,24). The summed E-state index contributed by atoms with van der Waals surface area (Å²) >= 11 is 0. The summed E-state index contributed by atoms with van der Waals surface area (Å²) in [5, 5.41) is 2.93. The van der Waals surface area contributed by atoms with Gasteiger partial charge in [0.15, 0.2) is 0 Å². The lowest BCUT2D eigenvalue weighted by Gasteiger charge is -2.14. The van der Waals surface area contributed by atoms with Crippen molar-refractivity contribution in [1.29, 1.82) is 0 Å². The number of hydrogen-bond donors (Lipinski definition) is 1. The van der Waals surface area contributed by atoms with Crippen molar-refractivity contribution in [2.24, 2.45) is 0 Å². The van der Waals surface area contributed by atoms with Gasteiger partial charge in [0.05, 0.1) is 6.61 Å². The zero-order valence-electron chi connectivity index (χ0n) is 14.4. The Morgan fingerprint density at radius 3 is 2.56 bits per heavy atom. The Kier molecular flexibility index (Phi) is 6.61. The molecule has 0 saturated carbocycles. The summed E-state index contributed by atoms with van der Waals surface area (Å²) in [7, 11) is 0. The molecule has 2 rings (SSSR count). The molecular weight excluding hydrogens is 331 g/mol. The fourth-order valence-electron chi connectivity index (χ4n) is 2.26. The number of para-hydroxylation sites is 1. The first-order chi connectivity index (χ1) is 11.9. The number of anilines is 2. The van der Waals surface area contributed by atoms with E-state index < -0.39 is 17.6 Å². The molecule has 0 saturated heterocycles. The first kappa shape index (κ1) is 19.0. The summed E-state index contributed by atoms with van der Waals surface area (Å²) in [4.78, 5) is 7.71. The van der Waals surface area contributed by atoms with E-state index >= 15 is 0 Å². The summed E-state index contributed by atoms with van der Waals surface area (Å²) in [6.07, 6.45) is -0.118. The Bertz CT molecular complexity index is 690. The van der Waals surface area contributed by atoms with Crippen molar-refractivity contribution in [3.05, 3.63) is 41.6 Å². The molecule has 1 heterocycles. The Labute approximate surface area is 145 Å². The van der Waals surface area contributed by atoms with Crippen LogP contribution in [0, 0.1) is 6.92 Å². The number of rotatable bonds is 8. The van der Waals surface area contributed by atoms with Crippen molar-refractivity contribution in [3.8, 4) is 5.88 Å². The molecule has 0 radical (unpaired) electrons. The van der Waals surface area contributed by atoms with Gasteiger partial charge in [-0.2, -0.15) is 18.2 Å². The molecule has 1 aromatic carbocycles. The lowest BCUT2D eigenvalue weighted by Crippen LogP contribution is -2.13. The van der Waals surface area contributed by atoms with Gasteiger partial charge in [-0.3, -0.25) is 0 Å². The van der Waals surface area contributed by atoms with Gasteiger partial charge in [-0.1, -0.05) is 44.4 Å². The van der Waals surface area contributed by atoms with Gasteiger partial charge in [0.2, 0.25) is 11.8 Å². The summed E-state index contributed by atoms with van der Waals surface area (Å²) in [6.45, 7) is 4.15. The molecule has 0 amide bonds. The predicted octanol–water partition coefficient (Wildman–Crippen LogP) is 5.51. The third kappa shape index (κ3) is 5.62. The van der Waals surface area contributed by atoms with Crippen molar-refractivity contribution in [1.82, 2.24) is 9.97 Å². The molecule has 25 heavy (non-hydrogen) atoms. The Hall–Kier alpha value is -2.31. The highest BCUT2D eigenvalue weighted by Crippen LogP contribution is 2.35. The van der Waals surface area contributed by atoms with E-state index in [-0.39, 0.29) is 12.6 Å². The summed E-state index contributed by atoms with van der Waals surface area (Å²) in [6, 6.07) is 7.39. The second-order valence-electron chi connectivity index (χ2n) is 5.76. The van der Waals surface area contributed by atoms with Crippen LogP contribution in [0.5, 0.6) is 5.88 Å². The Morgan fingerprint density at radius 2 is 1.88 bits per heavy atom. The molecule has 0 aliphatic heterocycles. The average Bonchev–Trinajstić information content (AvgIpc) is 2.56. The van der Waals surface area contributed by atoms with Crippen LogP contribution in [0.2, 0.25) is 0 Å². The second-order valence-corrected chi connectivity index (χ2v) is 5.76. The van der Waals surface area contributed by atoms with Crippen molar-refractivity contribution in [2.75, 3.05) is 11.9 Å². The van der Waals surface area contributed by atoms with Gasteiger partial charge in [0.1, 0.15) is 5.56 Å². The van der Waals surface area contributed by atoms with Gasteiger partial charge < -0.3 is 10.1 Å². The summed E-state index contributed by atoms with van der Waals surface area (Å²) in [5.74, 6) is -0.360. The zero-order chi connectivity index (χ0) is 18.3. The van der Waals surface area contributed by atoms with Crippen LogP contribution in [-0.2, 0) is 6.18 Å². The number of hydrogen-bond acceptors (Lipinski definition) is 4. The van der Waals surface area contributed by atoms with Crippen LogP contribution in [-0.4, -0.2) is 16.6 Å². The van der Waals surface area contributed by atoms with E-state index in [0.717, 1.165) is 36.7 Å². The van der Waals surface area contributed by atoms with Crippen LogP contribution in [0.3, 0.4) is 0 Å². The lowest BCUT2D eigenvalue weighted by atomic mass is 10.2. The SMILES string of the molecule is CCCCCCOc1nc(Nc2ccccc2C)ncc1C(F)(F)F. The lowest BCUT2D eigenvalue weighted by molar-refractivity contribution is -0.139. The molecule has 0 aliphatic carbocycles. The third-order valence-corrected chi connectivity index (χ3v) is 3.69. The second kappa shape index (κ2) is 8.69. The van der Waals surface area contributed by atoms with Crippen LogP contribution in [0.4, 0.5) is 24.8 Å². The minimum absolute atomic E-state index is 0.0749. The minimum Gasteiger partial charge on any atom is -0.477 e. The molecular formula is C18H22F3N3O. The van der Waals surface area contributed by atoms with Crippen molar-refractivity contribution in [2.45, 2.75) is 45.7 Å². The number of nitrogens with zero attached hydrogens (tertiary/aromatic N) is 2. The zero-order valence-corrected chi connectivity index (χ0v) is 14.4. The van der Waals surface area contributed by atoms with E-state index in [0.29, 0.717) is 6.42 Å². The number of alkyl halides is 3. The molecule has 2 aromatic rings. The number of benzene rings is 1. The van der Waals surface area contributed by atoms with Crippen LogP contribution in [0.15, 0.2) is 30.5 Å². The smallest absolute Gasteiger partial charge is 0.423 e. The molecule has 136 valence electrons. The van der Waals surface area contributed by atoms with Crippen LogP contribution >= 0.6 is 0 Å². The van der Waals surface area contributed by atoms with Gasteiger partial charge in [-0.05, 0) is 25.0 Å². The number of nitrogens with one attached hydrogen (secondary N) is 1. The largest absolute Gasteiger partial charge is 0.477 e. The number of aryl methyl sites for hydroxylation is 1. The minimum atomic E-state index is -4.56. The highest BCUT2D eigenvalue weighted by atomic mass is 19.4. The molecule has 0 aliphatic rings. The Morgan fingerprint density at radius 1 is 1.12 bits per heavy atom. The molecule has 0 spiro atoms. The Balaban J connectivity index is 2.17. The molecule has 1 aromatic heterocycles. The first-order valence-electron chi connectivity index (χ1n) is 8.31. The molecule has 0 fully saturated rings. The van der Waals surface area contributed by atoms with E-state index in [1.54, 1.807) is 0 Å². The molecule has 1 N–H and O–H groups in total. The maximum absolute atomic E-state index is 13.1. The highest BCUT2D eigenvalue weighted by Gasteiger charge is 2.36. The van der Waals surface area contributed by atoms with Crippen molar-refractivity contribution < 1.29 is 17.9 Å². The van der Waals surface area contributed by atoms with Crippen molar-refractivity contribution >= 4 is 11.6 Å². The van der Waals surface area contributed by atoms with E-state index in [1.165, 1.54) is 0 Å². The van der Waals surface area contributed by atoms with Crippen LogP contribution in [0.25, 0.3) is 0 Å². The van der Waals surface area contributed by atoms with Crippen LogP contribution < -0.4 is 10.1 Å². The highest BCUT2D eigenvalue weighted by molar-refractivity contribution is 5.58. The molecule has 0 bridgehead atoms. The number of aromatic nitrogens is 2. The predicted molar refractivity (Wildman–Crippen MR) is 91.1 cm³/mol. The normalized spacial score (nSPS) is 11.4. The quantitative estimate of drug-likeness (QED) is 0.636. The monoisotopic (exact) mass is 353 g/mol. The van der Waals surface area contributed by atoms with E-state index in [4.69, 9.17) is 4.74 Å². The fourth-order valence-corrected chi connectivity index (χ4v) is 2.26. The average molecular weight is 353 g/mol. The van der Waals surface area contributed by atoms with Gasteiger partial charge >= 0.3 is 6.18 Å².